The van der Waals surface area contributed by atoms with Gasteiger partial charge in [0, 0.05) is 6.54 Å². The topological polar surface area (TPSA) is 62.4 Å². The van der Waals surface area contributed by atoms with E-state index >= 15 is 0 Å². The van der Waals surface area contributed by atoms with E-state index < -0.39 is 13.0 Å². The van der Waals surface area contributed by atoms with Gasteiger partial charge >= 0.3 is 0 Å². The molecule has 0 saturated carbocycles. The van der Waals surface area contributed by atoms with Crippen molar-refractivity contribution in [1.82, 2.24) is 4.98 Å². The second-order valence-corrected chi connectivity index (χ2v) is 3.46. The third-order valence-corrected chi connectivity index (χ3v) is 2.19. The molecule has 1 heterocycles. The van der Waals surface area contributed by atoms with Crippen LogP contribution in [0.15, 0.2) is 12.3 Å². The third kappa shape index (κ3) is 3.30. The fourth-order valence-corrected chi connectivity index (χ4v) is 1.31. The average molecular weight is 231 g/mol. The van der Waals surface area contributed by atoms with E-state index in [4.69, 9.17) is 10.8 Å². The van der Waals surface area contributed by atoms with E-state index in [1.54, 1.807) is 13.0 Å². The molecule has 6 heteroatoms. The fourth-order valence-electron chi connectivity index (χ4n) is 1.31. The van der Waals surface area contributed by atoms with Gasteiger partial charge < -0.3 is 15.7 Å². The summed E-state index contributed by atoms with van der Waals surface area (Å²) in [6, 6.07) is 1.63. The Labute approximate surface area is 92.7 Å². The van der Waals surface area contributed by atoms with Crippen LogP contribution in [-0.4, -0.2) is 36.2 Å². The lowest BCUT2D eigenvalue weighted by atomic mass is 10.2. The number of nitrogens with two attached hydrogens (primary N) is 1. The van der Waals surface area contributed by atoms with Crippen LogP contribution in [0.1, 0.15) is 5.56 Å². The highest BCUT2D eigenvalue weighted by Gasteiger charge is 2.13. The molecule has 1 aromatic rings. The molecule has 0 bridgehead atoms. The van der Waals surface area contributed by atoms with Crippen molar-refractivity contribution in [2.45, 2.75) is 13.3 Å². The maximum Gasteiger partial charge on any atom is 0.255 e. The molecule has 0 aliphatic carbocycles. The van der Waals surface area contributed by atoms with E-state index in [2.05, 4.69) is 4.98 Å². The van der Waals surface area contributed by atoms with Gasteiger partial charge in [-0.25, -0.2) is 13.8 Å². The van der Waals surface area contributed by atoms with Crippen molar-refractivity contribution in [2.24, 2.45) is 0 Å². The molecule has 4 nitrogen and oxygen atoms in total. The highest BCUT2D eigenvalue weighted by Crippen LogP contribution is 2.17. The minimum absolute atomic E-state index is 0.126. The van der Waals surface area contributed by atoms with Gasteiger partial charge in [-0.2, -0.15) is 0 Å². The van der Waals surface area contributed by atoms with Crippen LogP contribution in [0.4, 0.5) is 20.3 Å². The predicted octanol–water partition coefficient (Wildman–Crippen LogP) is 1.04. The molecule has 3 N–H and O–H groups in total. The van der Waals surface area contributed by atoms with Crippen molar-refractivity contribution in [2.75, 3.05) is 30.3 Å². The van der Waals surface area contributed by atoms with Crippen molar-refractivity contribution < 1.29 is 13.9 Å². The Morgan fingerprint density at radius 2 is 2.25 bits per heavy atom. The summed E-state index contributed by atoms with van der Waals surface area (Å²) in [7, 11) is 0. The largest absolute Gasteiger partial charge is 0.397 e. The van der Waals surface area contributed by atoms with Crippen LogP contribution in [0.2, 0.25) is 0 Å². The first-order chi connectivity index (χ1) is 7.54. The molecule has 0 saturated heterocycles. The van der Waals surface area contributed by atoms with Crippen LogP contribution in [-0.2, 0) is 0 Å². The van der Waals surface area contributed by atoms with Crippen LogP contribution >= 0.6 is 0 Å². The number of aromatic nitrogens is 1. The summed E-state index contributed by atoms with van der Waals surface area (Å²) in [5.74, 6) is 0.404. The van der Waals surface area contributed by atoms with Crippen LogP contribution < -0.4 is 10.6 Å². The van der Waals surface area contributed by atoms with Gasteiger partial charge in [0.2, 0.25) is 0 Å². The van der Waals surface area contributed by atoms with Crippen molar-refractivity contribution in [1.29, 1.82) is 0 Å². The Bertz CT molecular complexity index is 347. The number of hydrogen-bond acceptors (Lipinski definition) is 4. The molecule has 0 aliphatic rings. The summed E-state index contributed by atoms with van der Waals surface area (Å²) < 4.78 is 24.6. The summed E-state index contributed by atoms with van der Waals surface area (Å²) >= 11 is 0. The number of nitrogen functional groups attached to an aromatic ring is 1. The minimum atomic E-state index is -2.47. The van der Waals surface area contributed by atoms with Crippen molar-refractivity contribution in [3.8, 4) is 0 Å². The monoisotopic (exact) mass is 231 g/mol. The molecule has 1 aromatic heterocycles. The molecule has 0 fully saturated rings. The van der Waals surface area contributed by atoms with Crippen molar-refractivity contribution in [3.05, 3.63) is 17.8 Å². The zero-order chi connectivity index (χ0) is 12.1. The van der Waals surface area contributed by atoms with Crippen LogP contribution in [0.25, 0.3) is 0 Å². The van der Waals surface area contributed by atoms with Gasteiger partial charge in [-0.3, -0.25) is 0 Å². The normalized spacial score (nSPS) is 10.8. The van der Waals surface area contributed by atoms with Gasteiger partial charge in [0.25, 0.3) is 6.43 Å². The molecule has 90 valence electrons. The number of aryl methyl sites for hydroxylation is 1. The van der Waals surface area contributed by atoms with Gasteiger partial charge in [0.05, 0.1) is 25.0 Å². The summed E-state index contributed by atoms with van der Waals surface area (Å²) in [6.07, 6.45) is -1.04. The molecule has 0 radical (unpaired) electrons. The standard InChI is InChI=1S/C10H15F2N3O/c1-7-4-10(14-5-8(7)13)15(2-3-16)6-9(11)12/h4-5,9,16H,2-3,6,13H2,1H3. The predicted molar refractivity (Wildman–Crippen MR) is 58.7 cm³/mol. The first-order valence-electron chi connectivity index (χ1n) is 4.90. The highest BCUT2D eigenvalue weighted by molar-refractivity contribution is 5.52. The second kappa shape index (κ2) is 5.60. The first-order valence-corrected chi connectivity index (χ1v) is 4.90. The Kier molecular flexibility index (Phi) is 4.42. The Morgan fingerprint density at radius 3 is 2.75 bits per heavy atom. The van der Waals surface area contributed by atoms with Gasteiger partial charge in [0.15, 0.2) is 0 Å². The number of aliphatic hydroxyl groups is 1. The number of pyridine rings is 1. The lowest BCUT2D eigenvalue weighted by Crippen LogP contribution is -2.32. The van der Waals surface area contributed by atoms with E-state index in [-0.39, 0.29) is 13.2 Å². The maximum atomic E-state index is 12.3. The molecule has 0 aliphatic heterocycles. The molecular weight excluding hydrogens is 216 g/mol. The number of aliphatic hydroxyl groups excluding tert-OH is 1. The number of anilines is 2. The smallest absolute Gasteiger partial charge is 0.255 e. The van der Waals surface area contributed by atoms with E-state index in [0.29, 0.717) is 11.5 Å². The molecule has 0 amide bonds. The van der Waals surface area contributed by atoms with Gasteiger partial charge in [-0.1, -0.05) is 0 Å². The molecule has 1 rings (SSSR count). The van der Waals surface area contributed by atoms with E-state index in [1.165, 1.54) is 11.1 Å². The highest BCUT2D eigenvalue weighted by atomic mass is 19.3. The number of hydrogen-bond donors (Lipinski definition) is 2. The van der Waals surface area contributed by atoms with Crippen LogP contribution in [0, 0.1) is 6.92 Å². The number of rotatable bonds is 5. The van der Waals surface area contributed by atoms with Gasteiger partial charge in [-0.05, 0) is 18.6 Å². The van der Waals surface area contributed by atoms with E-state index in [1.807, 2.05) is 0 Å². The third-order valence-electron chi connectivity index (χ3n) is 2.19. The SMILES string of the molecule is Cc1cc(N(CCO)CC(F)F)ncc1N. The zero-order valence-electron chi connectivity index (χ0n) is 9.03. The minimum Gasteiger partial charge on any atom is -0.397 e. The average Bonchev–Trinajstić information content (AvgIpc) is 2.21. The quantitative estimate of drug-likeness (QED) is 0.794. The number of halogens is 2. The Hall–Kier alpha value is -1.43. The zero-order valence-corrected chi connectivity index (χ0v) is 9.03. The molecule has 16 heavy (non-hydrogen) atoms. The fraction of sp³-hybridized carbons (Fsp3) is 0.500. The molecule has 0 aromatic carbocycles. The van der Waals surface area contributed by atoms with E-state index in [0.717, 1.165) is 5.56 Å². The Morgan fingerprint density at radius 1 is 1.56 bits per heavy atom. The molecular formula is C10H15F2N3O. The van der Waals surface area contributed by atoms with E-state index in [9.17, 15) is 8.78 Å². The van der Waals surface area contributed by atoms with Crippen molar-refractivity contribution >= 4 is 11.5 Å². The Balaban J connectivity index is 2.87. The maximum absolute atomic E-state index is 12.3. The summed E-state index contributed by atoms with van der Waals surface area (Å²) in [4.78, 5) is 5.30. The van der Waals surface area contributed by atoms with Gasteiger partial charge in [-0.15, -0.1) is 0 Å². The molecule has 0 atom stereocenters. The lowest BCUT2D eigenvalue weighted by molar-refractivity contribution is 0.152. The van der Waals surface area contributed by atoms with Crippen LogP contribution in [0.3, 0.4) is 0 Å². The van der Waals surface area contributed by atoms with Crippen molar-refractivity contribution in [3.63, 3.8) is 0 Å². The molecule has 0 spiro atoms. The number of alkyl halides is 2. The lowest BCUT2D eigenvalue weighted by Gasteiger charge is -2.22. The summed E-state index contributed by atoms with van der Waals surface area (Å²) in [5, 5.41) is 8.80. The second-order valence-electron chi connectivity index (χ2n) is 3.46. The first kappa shape index (κ1) is 12.6. The van der Waals surface area contributed by atoms with Gasteiger partial charge in [0.1, 0.15) is 5.82 Å². The summed E-state index contributed by atoms with van der Waals surface area (Å²) in [5.41, 5.74) is 6.88. The molecule has 0 unspecified atom stereocenters. The number of nitrogens with zero attached hydrogens (tertiary/aromatic N) is 2. The van der Waals surface area contributed by atoms with Crippen LogP contribution in [0.5, 0.6) is 0 Å². The summed E-state index contributed by atoms with van der Waals surface area (Å²) in [6.45, 7) is 1.26.